The summed E-state index contributed by atoms with van der Waals surface area (Å²) in [5, 5.41) is 31.8. The maximum absolute atomic E-state index is 11.4. The molecule has 9 heteroatoms. The minimum Gasteiger partial charge on any atom is -0.504 e. The Balaban J connectivity index is 2.46. The van der Waals surface area contributed by atoms with E-state index in [0.717, 1.165) is 0 Å². The summed E-state index contributed by atoms with van der Waals surface area (Å²) < 4.78 is 1.47. The van der Waals surface area contributed by atoms with E-state index < -0.39 is 17.4 Å². The zero-order valence-electron chi connectivity index (χ0n) is 12.9. The van der Waals surface area contributed by atoms with Gasteiger partial charge in [-0.1, -0.05) is 23.2 Å². The molecule has 0 spiro atoms. The highest BCUT2D eigenvalue weighted by molar-refractivity contribution is 6.42. The Morgan fingerprint density at radius 2 is 1.96 bits per heavy atom. The Morgan fingerprint density at radius 1 is 1.25 bits per heavy atom. The third-order valence-electron chi connectivity index (χ3n) is 3.04. The number of hydrogen-bond donors (Lipinski definition) is 2. The van der Waals surface area contributed by atoms with Gasteiger partial charge in [-0.3, -0.25) is 4.68 Å². The number of carboxylic acids is 1. The molecule has 0 radical (unpaired) electrons. The Kier molecular flexibility index (Phi) is 5.58. The molecule has 7 nitrogen and oxygen atoms in total. The van der Waals surface area contributed by atoms with Crippen LogP contribution in [0.5, 0.6) is 0 Å². The van der Waals surface area contributed by atoms with Gasteiger partial charge in [-0.2, -0.15) is 10.2 Å². The molecular formula is C15H14Cl2N4O3. The van der Waals surface area contributed by atoms with Gasteiger partial charge in [0.25, 0.3) is 0 Å². The van der Waals surface area contributed by atoms with E-state index in [-0.39, 0.29) is 10.7 Å². The van der Waals surface area contributed by atoms with Crippen molar-refractivity contribution in [1.82, 2.24) is 9.78 Å². The van der Waals surface area contributed by atoms with E-state index in [1.807, 2.05) is 6.92 Å². The van der Waals surface area contributed by atoms with Crippen LogP contribution >= 0.6 is 23.2 Å². The predicted molar refractivity (Wildman–Crippen MR) is 90.8 cm³/mol. The molecule has 0 bridgehead atoms. The van der Waals surface area contributed by atoms with Gasteiger partial charge in [0.05, 0.1) is 21.4 Å². The molecule has 0 atom stereocenters. The van der Waals surface area contributed by atoms with Crippen LogP contribution in [0.1, 0.15) is 18.3 Å². The van der Waals surface area contributed by atoms with Gasteiger partial charge in [-0.15, -0.1) is 5.11 Å². The number of carbonyl (C=O) groups is 1. The Morgan fingerprint density at radius 3 is 2.54 bits per heavy atom. The quantitative estimate of drug-likeness (QED) is 0.456. The number of rotatable bonds is 5. The molecule has 0 aliphatic heterocycles. The van der Waals surface area contributed by atoms with Crippen molar-refractivity contribution in [3.63, 3.8) is 0 Å². The average Bonchev–Trinajstić information content (AvgIpc) is 2.91. The van der Waals surface area contributed by atoms with Crippen LogP contribution in [-0.2, 0) is 11.3 Å². The number of benzene rings is 1. The molecular weight excluding hydrogens is 355 g/mol. The highest BCUT2D eigenvalue weighted by Gasteiger charge is 2.19. The van der Waals surface area contributed by atoms with Gasteiger partial charge in [0, 0.05) is 6.54 Å². The first-order valence-corrected chi connectivity index (χ1v) is 7.67. The summed E-state index contributed by atoms with van der Waals surface area (Å²) in [7, 11) is 0. The smallest absolute Gasteiger partial charge is 0.360 e. The van der Waals surface area contributed by atoms with E-state index in [0.29, 0.717) is 22.9 Å². The van der Waals surface area contributed by atoms with Crippen molar-refractivity contribution >= 4 is 40.6 Å². The summed E-state index contributed by atoms with van der Waals surface area (Å²) in [5.41, 5.74) is 0.594. The second-order valence-electron chi connectivity index (χ2n) is 4.79. The van der Waals surface area contributed by atoms with Crippen LogP contribution in [0.2, 0.25) is 10.0 Å². The second-order valence-corrected chi connectivity index (χ2v) is 5.60. The lowest BCUT2D eigenvalue weighted by atomic mass is 10.2. The van der Waals surface area contributed by atoms with Crippen LogP contribution in [-0.4, -0.2) is 26.0 Å². The van der Waals surface area contributed by atoms with Crippen molar-refractivity contribution in [2.24, 2.45) is 10.2 Å². The van der Waals surface area contributed by atoms with Gasteiger partial charge in [0.1, 0.15) is 5.69 Å². The highest BCUT2D eigenvalue weighted by Crippen LogP contribution is 2.27. The van der Waals surface area contributed by atoms with Gasteiger partial charge in [0.2, 0.25) is 5.70 Å². The summed E-state index contributed by atoms with van der Waals surface area (Å²) in [5.74, 6) is -1.94. The van der Waals surface area contributed by atoms with Crippen LogP contribution in [0.4, 0.5) is 5.69 Å². The molecule has 0 amide bonds. The molecule has 2 aromatic rings. The fraction of sp³-hybridized carbons (Fsp3) is 0.200. The highest BCUT2D eigenvalue weighted by atomic mass is 35.5. The van der Waals surface area contributed by atoms with Crippen molar-refractivity contribution in [2.45, 2.75) is 20.4 Å². The fourth-order valence-corrected chi connectivity index (χ4v) is 2.24. The predicted octanol–water partition coefficient (Wildman–Crippen LogP) is 4.61. The summed E-state index contributed by atoms with van der Waals surface area (Å²) in [6.07, 6.45) is 0. The lowest BCUT2D eigenvalue weighted by Crippen LogP contribution is -2.07. The molecule has 1 heterocycles. The summed E-state index contributed by atoms with van der Waals surface area (Å²) >= 11 is 11.7. The Hall–Kier alpha value is -2.38. The van der Waals surface area contributed by atoms with Crippen LogP contribution in [0.15, 0.2) is 40.2 Å². The number of aryl methyl sites for hydroxylation is 2. The molecule has 0 saturated heterocycles. The third kappa shape index (κ3) is 3.93. The van der Waals surface area contributed by atoms with E-state index in [4.69, 9.17) is 23.2 Å². The Bertz CT molecular complexity index is 843. The first kappa shape index (κ1) is 18.0. The number of azo groups is 1. The molecule has 0 saturated carbocycles. The molecule has 1 aromatic heterocycles. The number of halogens is 2. The first-order valence-electron chi connectivity index (χ1n) is 6.91. The molecule has 24 heavy (non-hydrogen) atoms. The van der Waals surface area contributed by atoms with Gasteiger partial charge in [-0.05, 0) is 38.1 Å². The number of aliphatic hydroxyl groups is 1. The molecule has 2 N–H and O–H groups in total. The number of carboxylic acid groups (broad SMARTS) is 1. The second kappa shape index (κ2) is 7.46. The molecule has 126 valence electrons. The zero-order valence-corrected chi connectivity index (χ0v) is 14.4. The molecule has 0 aliphatic carbocycles. The molecule has 1 aromatic carbocycles. The van der Waals surface area contributed by atoms with Crippen molar-refractivity contribution in [1.29, 1.82) is 0 Å². The lowest BCUT2D eigenvalue weighted by Gasteiger charge is -2.05. The standard InChI is InChI=1S/C15H14Cl2N4O3/c1-3-21-12(6-8(2)20-21)14(22)13(15(23)24)19-18-9-4-5-10(16)11(17)7-9/h4-7,22H,3H2,1-2H3,(H,23,24)/b14-13-,19-18?. The minimum atomic E-state index is -1.42. The average molecular weight is 369 g/mol. The normalized spacial score (nSPS) is 12.5. The van der Waals surface area contributed by atoms with E-state index >= 15 is 0 Å². The molecule has 0 unspecified atom stereocenters. The van der Waals surface area contributed by atoms with Crippen LogP contribution in [0.25, 0.3) is 5.76 Å². The van der Waals surface area contributed by atoms with Crippen molar-refractivity contribution in [3.8, 4) is 0 Å². The largest absolute Gasteiger partial charge is 0.504 e. The topological polar surface area (TPSA) is 100 Å². The van der Waals surface area contributed by atoms with Gasteiger partial charge >= 0.3 is 5.97 Å². The monoisotopic (exact) mass is 368 g/mol. The summed E-state index contributed by atoms with van der Waals surface area (Å²) in [6.45, 7) is 4.02. The van der Waals surface area contributed by atoms with Crippen LogP contribution in [0.3, 0.4) is 0 Å². The zero-order chi connectivity index (χ0) is 17.9. The van der Waals surface area contributed by atoms with Crippen molar-refractivity contribution < 1.29 is 15.0 Å². The summed E-state index contributed by atoms with van der Waals surface area (Å²) in [4.78, 5) is 11.4. The Labute approximate surface area is 147 Å². The fourth-order valence-electron chi connectivity index (χ4n) is 1.94. The molecule has 0 fully saturated rings. The SMILES string of the molecule is CCn1nc(C)cc1/C(O)=C(/N=Nc1ccc(Cl)c(Cl)c1)C(=O)O. The van der Waals surface area contributed by atoms with Crippen molar-refractivity contribution in [2.75, 3.05) is 0 Å². The van der Waals surface area contributed by atoms with Crippen molar-refractivity contribution in [3.05, 3.63) is 51.4 Å². The van der Waals surface area contributed by atoms with E-state index in [1.54, 1.807) is 13.0 Å². The third-order valence-corrected chi connectivity index (χ3v) is 3.78. The van der Waals surface area contributed by atoms with E-state index in [1.165, 1.54) is 22.9 Å². The van der Waals surface area contributed by atoms with Crippen LogP contribution < -0.4 is 0 Å². The number of aliphatic hydroxyl groups excluding tert-OH is 1. The minimum absolute atomic E-state index is 0.250. The van der Waals surface area contributed by atoms with Gasteiger partial charge < -0.3 is 10.2 Å². The maximum Gasteiger partial charge on any atom is 0.360 e. The molecule has 0 aliphatic rings. The van der Waals surface area contributed by atoms with Gasteiger partial charge in [-0.25, -0.2) is 4.79 Å². The van der Waals surface area contributed by atoms with Crippen LogP contribution in [0, 0.1) is 6.92 Å². The molecule has 2 rings (SSSR count). The number of nitrogens with zero attached hydrogens (tertiary/aromatic N) is 4. The first-order chi connectivity index (χ1) is 11.3. The van der Waals surface area contributed by atoms with E-state index in [9.17, 15) is 15.0 Å². The van der Waals surface area contributed by atoms with E-state index in [2.05, 4.69) is 15.3 Å². The number of aliphatic carboxylic acids is 1. The summed E-state index contributed by atoms with van der Waals surface area (Å²) in [6, 6.07) is 6.03. The number of hydrogen-bond acceptors (Lipinski definition) is 5. The van der Waals surface area contributed by atoms with Gasteiger partial charge in [0.15, 0.2) is 5.76 Å². The lowest BCUT2D eigenvalue weighted by molar-refractivity contribution is -0.132. The maximum atomic E-state index is 11.4. The number of aromatic nitrogens is 2.